The maximum Gasteiger partial charge on any atom is 0.00559 e. The predicted octanol–water partition coefficient (Wildman–Crippen LogP) is 4.29. The molecule has 0 aromatic carbocycles. The van der Waals surface area contributed by atoms with Crippen LogP contribution in [0.1, 0.15) is 73.6 Å². The summed E-state index contributed by atoms with van der Waals surface area (Å²) in [6.07, 6.45) is 6.39. The summed E-state index contributed by atoms with van der Waals surface area (Å²) in [6.45, 7) is 17.8. The topological polar surface area (TPSA) is 29.3 Å². The third-order valence-corrected chi connectivity index (χ3v) is 4.74. The third kappa shape index (κ3) is 7.08. The Morgan fingerprint density at radius 2 is 1.70 bits per heavy atom. The van der Waals surface area contributed by atoms with Crippen LogP contribution >= 0.6 is 0 Å². The molecule has 1 rings (SSSR count). The molecule has 2 atom stereocenters. The van der Waals surface area contributed by atoms with E-state index in [4.69, 9.17) is 5.73 Å². The van der Waals surface area contributed by atoms with Crippen molar-refractivity contribution in [2.24, 2.45) is 22.5 Å². The van der Waals surface area contributed by atoms with E-state index < -0.39 is 0 Å². The molecule has 2 heteroatoms. The van der Waals surface area contributed by atoms with Gasteiger partial charge in [0.15, 0.2) is 0 Å². The van der Waals surface area contributed by atoms with Crippen LogP contribution in [0.3, 0.4) is 0 Å². The summed E-state index contributed by atoms with van der Waals surface area (Å²) >= 11 is 0. The van der Waals surface area contributed by atoms with Crippen LogP contribution in [-0.2, 0) is 0 Å². The van der Waals surface area contributed by atoms with Crippen molar-refractivity contribution in [1.29, 1.82) is 0 Å². The minimum atomic E-state index is 0.357. The highest BCUT2D eigenvalue weighted by Crippen LogP contribution is 2.34. The summed E-state index contributed by atoms with van der Waals surface area (Å²) < 4.78 is 0. The van der Waals surface area contributed by atoms with Gasteiger partial charge in [0.25, 0.3) is 0 Å². The number of hydrogen-bond acceptors (Lipinski definition) is 2. The van der Waals surface area contributed by atoms with E-state index in [-0.39, 0.29) is 0 Å². The lowest BCUT2D eigenvalue weighted by atomic mass is 9.77. The van der Waals surface area contributed by atoms with E-state index in [9.17, 15) is 0 Å². The molecule has 1 fully saturated rings. The fourth-order valence-corrected chi connectivity index (χ4v) is 3.48. The van der Waals surface area contributed by atoms with E-state index in [2.05, 4.69) is 46.4 Å². The van der Waals surface area contributed by atoms with Gasteiger partial charge in [0, 0.05) is 6.04 Å². The highest BCUT2D eigenvalue weighted by molar-refractivity contribution is 4.80. The minimum Gasteiger partial charge on any atom is -0.328 e. The van der Waals surface area contributed by atoms with Crippen molar-refractivity contribution in [2.75, 3.05) is 19.6 Å². The van der Waals surface area contributed by atoms with Crippen molar-refractivity contribution in [2.45, 2.75) is 79.7 Å². The van der Waals surface area contributed by atoms with E-state index in [1.807, 2.05) is 0 Å². The highest BCUT2D eigenvalue weighted by atomic mass is 15.1. The largest absolute Gasteiger partial charge is 0.328 e. The number of nitrogens with zero attached hydrogens (tertiary/aromatic N) is 1. The third-order valence-electron chi connectivity index (χ3n) is 4.74. The van der Waals surface area contributed by atoms with Gasteiger partial charge in [0.1, 0.15) is 0 Å². The monoisotopic (exact) mass is 282 g/mol. The molecule has 20 heavy (non-hydrogen) atoms. The molecule has 1 aliphatic heterocycles. The fraction of sp³-hybridized carbons (Fsp3) is 1.00. The predicted molar refractivity (Wildman–Crippen MR) is 89.9 cm³/mol. The first-order valence-electron chi connectivity index (χ1n) is 8.56. The Hall–Kier alpha value is -0.0800. The second kappa shape index (κ2) is 7.26. The molecule has 0 aromatic rings. The second-order valence-corrected chi connectivity index (χ2v) is 9.15. The molecule has 2 nitrogen and oxygen atoms in total. The molecule has 2 N–H and O–H groups in total. The maximum atomic E-state index is 6.29. The SMILES string of the molecule is CC(C)(C)CC(N)CCN1CCCC(C(C)(C)C)CC1. The molecule has 2 unspecified atom stereocenters. The molecule has 0 aliphatic carbocycles. The average molecular weight is 283 g/mol. The molecule has 1 heterocycles. The van der Waals surface area contributed by atoms with E-state index in [1.54, 1.807) is 0 Å². The molecule has 1 saturated heterocycles. The van der Waals surface area contributed by atoms with Crippen LogP contribution in [0.4, 0.5) is 0 Å². The molecule has 0 saturated carbocycles. The lowest BCUT2D eigenvalue weighted by Gasteiger charge is -2.30. The van der Waals surface area contributed by atoms with Crippen LogP contribution in [0.5, 0.6) is 0 Å². The van der Waals surface area contributed by atoms with Gasteiger partial charge >= 0.3 is 0 Å². The lowest BCUT2D eigenvalue weighted by molar-refractivity contribution is 0.205. The van der Waals surface area contributed by atoms with Gasteiger partial charge in [-0.3, -0.25) is 0 Å². The van der Waals surface area contributed by atoms with Crippen molar-refractivity contribution in [1.82, 2.24) is 4.90 Å². The normalized spacial score (nSPS) is 24.4. The number of likely N-dealkylation sites (tertiary alicyclic amines) is 1. The van der Waals surface area contributed by atoms with Crippen LogP contribution in [0, 0.1) is 16.7 Å². The summed E-state index contributed by atoms with van der Waals surface area (Å²) in [5.74, 6) is 0.885. The Bertz CT molecular complexity index is 272. The second-order valence-electron chi connectivity index (χ2n) is 9.15. The van der Waals surface area contributed by atoms with Gasteiger partial charge in [0.05, 0.1) is 0 Å². The summed E-state index contributed by atoms with van der Waals surface area (Å²) in [4.78, 5) is 2.65. The van der Waals surface area contributed by atoms with Crippen molar-refractivity contribution >= 4 is 0 Å². The van der Waals surface area contributed by atoms with E-state index >= 15 is 0 Å². The van der Waals surface area contributed by atoms with Gasteiger partial charge < -0.3 is 10.6 Å². The number of nitrogens with two attached hydrogens (primary N) is 1. The molecule has 0 aromatic heterocycles. The number of rotatable bonds is 4. The summed E-state index contributed by atoms with van der Waals surface area (Å²) in [5.41, 5.74) is 7.11. The first kappa shape index (κ1) is 18.0. The van der Waals surface area contributed by atoms with Crippen molar-refractivity contribution in [3.05, 3.63) is 0 Å². The van der Waals surface area contributed by atoms with Gasteiger partial charge in [-0.05, 0) is 68.5 Å². The molecule has 0 radical (unpaired) electrons. The molecule has 1 aliphatic rings. The van der Waals surface area contributed by atoms with Crippen LogP contribution in [0.2, 0.25) is 0 Å². The quantitative estimate of drug-likeness (QED) is 0.833. The van der Waals surface area contributed by atoms with E-state index in [1.165, 1.54) is 38.9 Å². The van der Waals surface area contributed by atoms with Crippen molar-refractivity contribution in [3.8, 4) is 0 Å². The molecular formula is C18H38N2. The van der Waals surface area contributed by atoms with Crippen LogP contribution in [0.15, 0.2) is 0 Å². The zero-order chi connectivity index (χ0) is 15.4. The minimum absolute atomic E-state index is 0.357. The Balaban J connectivity index is 2.32. The van der Waals surface area contributed by atoms with Gasteiger partial charge in [-0.25, -0.2) is 0 Å². The highest BCUT2D eigenvalue weighted by Gasteiger charge is 2.27. The van der Waals surface area contributed by atoms with Gasteiger partial charge in [0.2, 0.25) is 0 Å². The standard InChI is InChI=1S/C18H38N2/c1-17(2,3)14-16(19)10-13-20-11-7-8-15(9-12-20)18(4,5)6/h15-16H,7-14,19H2,1-6H3. The summed E-state index contributed by atoms with van der Waals surface area (Å²) in [5, 5.41) is 0. The smallest absolute Gasteiger partial charge is 0.00559 e. The zero-order valence-corrected chi connectivity index (χ0v) is 14.8. The average Bonchev–Trinajstić information content (AvgIpc) is 2.48. The lowest BCUT2D eigenvalue weighted by Crippen LogP contribution is -2.33. The molecule has 120 valence electrons. The molecular weight excluding hydrogens is 244 g/mol. The Labute approximate surface area is 127 Å². The Kier molecular flexibility index (Phi) is 6.53. The first-order valence-corrected chi connectivity index (χ1v) is 8.56. The Morgan fingerprint density at radius 1 is 1.05 bits per heavy atom. The van der Waals surface area contributed by atoms with Crippen LogP contribution in [-0.4, -0.2) is 30.6 Å². The summed E-state index contributed by atoms with van der Waals surface area (Å²) in [7, 11) is 0. The zero-order valence-electron chi connectivity index (χ0n) is 14.8. The van der Waals surface area contributed by atoms with Gasteiger partial charge in [-0.15, -0.1) is 0 Å². The molecule has 0 spiro atoms. The Morgan fingerprint density at radius 3 is 2.25 bits per heavy atom. The van der Waals surface area contributed by atoms with Gasteiger partial charge in [-0.1, -0.05) is 41.5 Å². The van der Waals surface area contributed by atoms with Gasteiger partial charge in [-0.2, -0.15) is 0 Å². The van der Waals surface area contributed by atoms with Crippen molar-refractivity contribution < 1.29 is 0 Å². The molecule has 0 amide bonds. The van der Waals surface area contributed by atoms with E-state index in [0.29, 0.717) is 16.9 Å². The van der Waals surface area contributed by atoms with E-state index in [0.717, 1.165) is 18.8 Å². The summed E-state index contributed by atoms with van der Waals surface area (Å²) in [6, 6.07) is 0.358. The van der Waals surface area contributed by atoms with Crippen LogP contribution in [0.25, 0.3) is 0 Å². The maximum absolute atomic E-state index is 6.29. The number of hydrogen-bond donors (Lipinski definition) is 1. The fourth-order valence-electron chi connectivity index (χ4n) is 3.48. The van der Waals surface area contributed by atoms with Crippen molar-refractivity contribution in [3.63, 3.8) is 0 Å². The van der Waals surface area contributed by atoms with Crippen LogP contribution < -0.4 is 5.73 Å². The molecule has 0 bridgehead atoms. The first-order chi connectivity index (χ1) is 9.08.